The van der Waals surface area contributed by atoms with E-state index in [-0.39, 0.29) is 16.7 Å². The smallest absolute Gasteiger partial charge is 0.252 e. The summed E-state index contributed by atoms with van der Waals surface area (Å²) in [4.78, 5) is 12.9. The van der Waals surface area contributed by atoms with Crippen LogP contribution in [-0.4, -0.2) is 52.0 Å². The summed E-state index contributed by atoms with van der Waals surface area (Å²) < 4.78 is 37.4. The minimum absolute atomic E-state index is 0.235. The number of benzene rings is 1. The van der Waals surface area contributed by atoms with E-state index in [4.69, 9.17) is 21.1 Å². The van der Waals surface area contributed by atoms with Crippen LogP contribution in [-0.2, 0) is 26.1 Å². The van der Waals surface area contributed by atoms with E-state index < -0.39 is 10.0 Å². The number of halogens is 1. The average Bonchev–Trinajstić information content (AvgIpc) is 3.21. The quantitative estimate of drug-likeness (QED) is 0.647. The molecule has 0 radical (unpaired) electrons. The first-order valence-electron chi connectivity index (χ1n) is 8.86. The highest BCUT2D eigenvalue weighted by atomic mass is 35.5. The van der Waals surface area contributed by atoms with Crippen LogP contribution in [0.3, 0.4) is 0 Å². The van der Waals surface area contributed by atoms with Crippen molar-refractivity contribution in [2.75, 3.05) is 33.4 Å². The number of morpholine rings is 1. The summed E-state index contributed by atoms with van der Waals surface area (Å²) in [7, 11) is -1.98. The number of nitrogens with one attached hydrogen (secondary N) is 1. The lowest BCUT2D eigenvalue weighted by Crippen LogP contribution is -2.40. The number of hydrogen-bond donors (Lipinski definition) is 1. The van der Waals surface area contributed by atoms with Crippen LogP contribution in [0, 0.1) is 0 Å². The van der Waals surface area contributed by atoms with Crippen LogP contribution in [0.5, 0.6) is 5.75 Å². The molecule has 2 aromatic rings. The number of hydrogen-bond acceptors (Lipinski definition) is 6. The molecular formula is C19H21ClN2O5S2. The molecule has 1 N–H and O–H groups in total. The van der Waals surface area contributed by atoms with Crippen molar-refractivity contribution in [2.24, 2.45) is 0 Å². The number of nitrogens with zero attached hydrogens (tertiary/aromatic N) is 1. The van der Waals surface area contributed by atoms with Gasteiger partial charge in [0.1, 0.15) is 9.96 Å². The number of rotatable bonds is 7. The molecule has 1 aliphatic rings. The monoisotopic (exact) mass is 456 g/mol. The fraction of sp³-hybridized carbons (Fsp3) is 0.316. The Balaban J connectivity index is 1.59. The number of methoxy groups -OCH3 is 1. The second-order valence-electron chi connectivity index (χ2n) is 6.17. The van der Waals surface area contributed by atoms with Gasteiger partial charge in [-0.05, 0) is 36.4 Å². The van der Waals surface area contributed by atoms with Crippen molar-refractivity contribution in [1.82, 2.24) is 9.62 Å². The van der Waals surface area contributed by atoms with Gasteiger partial charge in [-0.1, -0.05) is 11.6 Å². The van der Waals surface area contributed by atoms with Crippen LogP contribution >= 0.6 is 22.9 Å². The summed E-state index contributed by atoms with van der Waals surface area (Å²) in [5.74, 6) is 0.299. The zero-order valence-corrected chi connectivity index (χ0v) is 18.1. The summed E-state index contributed by atoms with van der Waals surface area (Å²) in [6.45, 7) is 1.74. The molecule has 0 saturated carbocycles. The van der Waals surface area contributed by atoms with Gasteiger partial charge in [-0.15, -0.1) is 11.3 Å². The van der Waals surface area contributed by atoms with Crippen LogP contribution in [0.2, 0.25) is 5.02 Å². The Morgan fingerprint density at radius 3 is 2.79 bits per heavy atom. The predicted molar refractivity (Wildman–Crippen MR) is 113 cm³/mol. The fourth-order valence-electron chi connectivity index (χ4n) is 2.74. The number of sulfonamides is 1. The maximum absolute atomic E-state index is 12.6. The molecule has 0 spiro atoms. The second kappa shape index (κ2) is 9.73. The molecule has 1 aromatic carbocycles. The van der Waals surface area contributed by atoms with Crippen LogP contribution in [0.1, 0.15) is 10.4 Å². The first-order valence-corrected chi connectivity index (χ1v) is 11.5. The molecule has 2 heterocycles. The third kappa shape index (κ3) is 5.58. The van der Waals surface area contributed by atoms with Crippen LogP contribution in [0.15, 0.2) is 40.6 Å². The topological polar surface area (TPSA) is 84.9 Å². The van der Waals surface area contributed by atoms with Crippen LogP contribution < -0.4 is 10.1 Å². The largest absolute Gasteiger partial charge is 0.496 e. The van der Waals surface area contributed by atoms with E-state index in [1.165, 1.54) is 10.4 Å². The summed E-state index contributed by atoms with van der Waals surface area (Å²) in [5, 5.41) is 3.29. The number of thiophene rings is 1. The van der Waals surface area contributed by atoms with Gasteiger partial charge in [0.25, 0.3) is 10.0 Å². The standard InChI is InChI=1S/C19H21ClN2O5S2/c1-26-17-5-3-15(20)12-14(17)2-6-18(23)21-13-16-4-7-19(28-16)29(24,25)22-8-10-27-11-9-22/h2-7,12H,8-11,13H2,1H3,(H,21,23). The van der Waals surface area contributed by atoms with Crippen molar-refractivity contribution in [3.05, 3.63) is 51.9 Å². The number of carbonyl (C=O) groups excluding carboxylic acids is 1. The van der Waals surface area contributed by atoms with Gasteiger partial charge in [-0.25, -0.2) is 8.42 Å². The van der Waals surface area contributed by atoms with Crippen LogP contribution in [0.25, 0.3) is 6.08 Å². The first kappa shape index (κ1) is 21.8. The lowest BCUT2D eigenvalue weighted by molar-refractivity contribution is -0.116. The first-order chi connectivity index (χ1) is 13.9. The van der Waals surface area contributed by atoms with Crippen LogP contribution in [0.4, 0.5) is 0 Å². The summed E-state index contributed by atoms with van der Waals surface area (Å²) >= 11 is 7.13. The minimum atomic E-state index is -3.52. The van der Waals surface area contributed by atoms with Gasteiger partial charge in [-0.3, -0.25) is 4.79 Å². The van der Waals surface area contributed by atoms with E-state index in [0.29, 0.717) is 42.6 Å². The van der Waals surface area contributed by atoms with Gasteiger partial charge in [0, 0.05) is 34.6 Å². The lowest BCUT2D eigenvalue weighted by Gasteiger charge is -2.25. The molecule has 0 atom stereocenters. The maximum atomic E-state index is 12.6. The number of amides is 1. The molecule has 0 unspecified atom stereocenters. The van der Waals surface area contributed by atoms with E-state index in [2.05, 4.69) is 5.32 Å². The van der Waals surface area contributed by atoms with E-state index in [9.17, 15) is 13.2 Å². The zero-order chi connectivity index (χ0) is 20.9. The second-order valence-corrected chi connectivity index (χ2v) is 9.94. The third-order valence-electron chi connectivity index (χ3n) is 4.24. The summed E-state index contributed by atoms with van der Waals surface area (Å²) in [6.07, 6.45) is 3.00. The predicted octanol–water partition coefficient (Wildman–Crippen LogP) is 2.76. The molecular weight excluding hydrogens is 436 g/mol. The normalized spacial score (nSPS) is 15.5. The van der Waals surface area contributed by atoms with Gasteiger partial charge >= 0.3 is 0 Å². The maximum Gasteiger partial charge on any atom is 0.252 e. The Hall–Kier alpha value is -1.91. The SMILES string of the molecule is COc1ccc(Cl)cc1C=CC(=O)NCc1ccc(S(=O)(=O)N2CCOCC2)s1. The van der Waals surface area contributed by atoms with Gasteiger partial charge in [0.15, 0.2) is 0 Å². The third-order valence-corrected chi connectivity index (χ3v) is 7.93. The van der Waals surface area contributed by atoms with Crippen molar-refractivity contribution < 1.29 is 22.7 Å². The molecule has 29 heavy (non-hydrogen) atoms. The van der Waals surface area contributed by atoms with E-state index in [1.54, 1.807) is 43.5 Å². The average molecular weight is 457 g/mol. The molecule has 0 bridgehead atoms. The Kier molecular flexibility index (Phi) is 7.31. The van der Waals surface area contributed by atoms with Crippen molar-refractivity contribution in [3.63, 3.8) is 0 Å². The highest BCUT2D eigenvalue weighted by Gasteiger charge is 2.27. The van der Waals surface area contributed by atoms with Gasteiger partial charge in [0.05, 0.1) is 26.9 Å². The van der Waals surface area contributed by atoms with Gasteiger partial charge in [0.2, 0.25) is 5.91 Å². The number of carbonyl (C=O) groups is 1. The lowest BCUT2D eigenvalue weighted by atomic mass is 10.2. The molecule has 1 saturated heterocycles. The summed E-state index contributed by atoms with van der Waals surface area (Å²) in [5.41, 5.74) is 0.685. The van der Waals surface area contributed by atoms with Gasteiger partial charge in [-0.2, -0.15) is 4.31 Å². The molecule has 0 aliphatic carbocycles. The van der Waals surface area contributed by atoms with Crippen molar-refractivity contribution in [2.45, 2.75) is 10.8 Å². The Morgan fingerprint density at radius 2 is 2.07 bits per heavy atom. The van der Waals surface area contributed by atoms with E-state index in [0.717, 1.165) is 16.2 Å². The highest BCUT2D eigenvalue weighted by molar-refractivity contribution is 7.91. The summed E-state index contributed by atoms with van der Waals surface area (Å²) in [6, 6.07) is 8.41. The molecule has 1 amide bonds. The Bertz CT molecular complexity index is 998. The molecule has 156 valence electrons. The molecule has 3 rings (SSSR count). The molecule has 1 aliphatic heterocycles. The van der Waals surface area contributed by atoms with Crippen molar-refractivity contribution >= 4 is 44.9 Å². The highest BCUT2D eigenvalue weighted by Crippen LogP contribution is 2.26. The van der Waals surface area contributed by atoms with Crippen molar-refractivity contribution in [3.8, 4) is 5.75 Å². The molecule has 7 nitrogen and oxygen atoms in total. The zero-order valence-electron chi connectivity index (χ0n) is 15.8. The fourth-order valence-corrected chi connectivity index (χ4v) is 5.78. The Morgan fingerprint density at radius 1 is 1.31 bits per heavy atom. The Labute approximate surface area is 178 Å². The number of ether oxygens (including phenoxy) is 2. The van der Waals surface area contributed by atoms with E-state index >= 15 is 0 Å². The van der Waals surface area contributed by atoms with E-state index in [1.807, 2.05) is 0 Å². The van der Waals surface area contributed by atoms with Gasteiger partial charge < -0.3 is 14.8 Å². The molecule has 10 heteroatoms. The minimum Gasteiger partial charge on any atom is -0.496 e. The molecule has 1 fully saturated rings. The van der Waals surface area contributed by atoms with Crippen molar-refractivity contribution in [1.29, 1.82) is 0 Å². The molecule has 1 aromatic heterocycles.